The van der Waals surface area contributed by atoms with Crippen molar-refractivity contribution >= 4 is 17.7 Å². The second-order valence-corrected chi connectivity index (χ2v) is 5.53. The molecule has 1 amide bonds. The Morgan fingerprint density at radius 2 is 1.76 bits per heavy atom. The largest absolute Gasteiger partial charge is 0.495 e. The van der Waals surface area contributed by atoms with E-state index in [1.807, 2.05) is 32.0 Å². The average Bonchev–Trinajstić information content (AvgIpc) is 2.60. The molecule has 0 heterocycles. The number of hydrogen-bond acceptors (Lipinski definition) is 4. The molecule has 0 bridgehead atoms. The molecule has 0 aromatic heterocycles. The van der Waals surface area contributed by atoms with Crippen LogP contribution in [0.1, 0.15) is 19.4 Å². The molecule has 2 aromatic carbocycles. The number of methoxy groups -OCH3 is 1. The van der Waals surface area contributed by atoms with Crippen LogP contribution in [0.5, 0.6) is 11.5 Å². The molecule has 25 heavy (non-hydrogen) atoms. The summed E-state index contributed by atoms with van der Waals surface area (Å²) < 4.78 is 10.9. The van der Waals surface area contributed by atoms with Crippen molar-refractivity contribution in [1.82, 2.24) is 0 Å². The number of ether oxygens (including phenoxy) is 2. The molecule has 0 radical (unpaired) electrons. The van der Waals surface area contributed by atoms with E-state index in [0.29, 0.717) is 22.7 Å². The molecule has 0 aliphatic heterocycles. The van der Waals surface area contributed by atoms with Crippen LogP contribution in [0.15, 0.2) is 54.1 Å². The number of amides is 1. The molecule has 2 rings (SSSR count). The van der Waals surface area contributed by atoms with Gasteiger partial charge in [-0.15, -0.1) is 0 Å². The first-order chi connectivity index (χ1) is 12.0. The van der Waals surface area contributed by atoms with E-state index in [9.17, 15) is 10.1 Å². The topological polar surface area (TPSA) is 71.3 Å². The van der Waals surface area contributed by atoms with Crippen molar-refractivity contribution in [3.05, 3.63) is 59.7 Å². The van der Waals surface area contributed by atoms with E-state index in [0.717, 1.165) is 0 Å². The van der Waals surface area contributed by atoms with Crippen LogP contribution in [-0.4, -0.2) is 19.1 Å². The first-order valence-electron chi connectivity index (χ1n) is 7.87. The van der Waals surface area contributed by atoms with Crippen LogP contribution in [-0.2, 0) is 4.79 Å². The summed E-state index contributed by atoms with van der Waals surface area (Å²) in [6, 6.07) is 16.2. The van der Waals surface area contributed by atoms with Crippen molar-refractivity contribution in [3.8, 4) is 17.6 Å². The van der Waals surface area contributed by atoms with E-state index in [2.05, 4.69) is 5.32 Å². The fraction of sp³-hybridized carbons (Fsp3) is 0.200. The van der Waals surface area contributed by atoms with E-state index >= 15 is 0 Å². The maximum Gasteiger partial charge on any atom is 0.266 e. The molecular weight excluding hydrogens is 316 g/mol. The fourth-order valence-corrected chi connectivity index (χ4v) is 2.20. The summed E-state index contributed by atoms with van der Waals surface area (Å²) in [6.45, 7) is 3.83. The molecule has 2 aromatic rings. The van der Waals surface area contributed by atoms with Gasteiger partial charge in [-0.25, -0.2) is 0 Å². The van der Waals surface area contributed by atoms with Crippen molar-refractivity contribution < 1.29 is 14.3 Å². The van der Waals surface area contributed by atoms with Crippen LogP contribution in [0.2, 0.25) is 0 Å². The Morgan fingerprint density at radius 3 is 2.40 bits per heavy atom. The standard InChI is InChI=1S/C20H20N2O3/c1-14(2)25-18-10-6-4-8-15(18)12-16(13-21)20(23)22-17-9-5-7-11-19(17)24-3/h4-12,14H,1-3H3,(H,22,23). The quantitative estimate of drug-likeness (QED) is 0.638. The number of hydrogen-bond donors (Lipinski definition) is 1. The van der Waals surface area contributed by atoms with E-state index in [4.69, 9.17) is 9.47 Å². The Hall–Kier alpha value is -3.26. The second kappa shape index (κ2) is 8.55. The normalized spacial score (nSPS) is 10.9. The second-order valence-electron chi connectivity index (χ2n) is 5.53. The summed E-state index contributed by atoms with van der Waals surface area (Å²) in [6.07, 6.45) is 1.50. The number of nitriles is 1. The lowest BCUT2D eigenvalue weighted by atomic mass is 10.1. The number of benzene rings is 2. The predicted molar refractivity (Wildman–Crippen MR) is 97.4 cm³/mol. The van der Waals surface area contributed by atoms with Crippen molar-refractivity contribution in [2.24, 2.45) is 0 Å². The molecule has 0 atom stereocenters. The number of rotatable bonds is 6. The van der Waals surface area contributed by atoms with Crippen LogP contribution < -0.4 is 14.8 Å². The lowest BCUT2D eigenvalue weighted by Gasteiger charge is -2.13. The number of anilines is 1. The highest BCUT2D eigenvalue weighted by Gasteiger charge is 2.13. The summed E-state index contributed by atoms with van der Waals surface area (Å²) >= 11 is 0. The molecule has 0 spiro atoms. The monoisotopic (exact) mass is 336 g/mol. The maximum atomic E-state index is 12.5. The highest BCUT2D eigenvalue weighted by atomic mass is 16.5. The molecule has 0 aliphatic carbocycles. The maximum absolute atomic E-state index is 12.5. The zero-order chi connectivity index (χ0) is 18.2. The third-order valence-corrected chi connectivity index (χ3v) is 3.30. The third-order valence-electron chi connectivity index (χ3n) is 3.30. The molecule has 0 fully saturated rings. The van der Waals surface area contributed by atoms with Gasteiger partial charge in [-0.05, 0) is 38.1 Å². The van der Waals surface area contributed by atoms with Crippen LogP contribution in [0.25, 0.3) is 6.08 Å². The Bertz CT molecular complexity index is 820. The molecule has 0 saturated carbocycles. The first kappa shape index (κ1) is 18.1. The number of nitrogens with zero attached hydrogens (tertiary/aromatic N) is 1. The Labute approximate surface area is 147 Å². The summed E-state index contributed by atoms with van der Waals surface area (Å²) in [7, 11) is 1.52. The van der Waals surface area contributed by atoms with Gasteiger partial charge in [0.05, 0.1) is 18.9 Å². The number of carbonyl (C=O) groups is 1. The van der Waals surface area contributed by atoms with Gasteiger partial charge in [0.1, 0.15) is 23.1 Å². The molecule has 0 aliphatic rings. The van der Waals surface area contributed by atoms with Gasteiger partial charge >= 0.3 is 0 Å². The third kappa shape index (κ3) is 4.85. The van der Waals surface area contributed by atoms with Gasteiger partial charge in [0.2, 0.25) is 0 Å². The van der Waals surface area contributed by atoms with Crippen molar-refractivity contribution in [3.63, 3.8) is 0 Å². The van der Waals surface area contributed by atoms with Gasteiger partial charge in [-0.3, -0.25) is 4.79 Å². The molecule has 128 valence electrons. The SMILES string of the molecule is COc1ccccc1NC(=O)C(C#N)=Cc1ccccc1OC(C)C. The smallest absolute Gasteiger partial charge is 0.266 e. The van der Waals surface area contributed by atoms with Gasteiger partial charge < -0.3 is 14.8 Å². The Balaban J connectivity index is 2.29. The number of nitrogens with one attached hydrogen (secondary N) is 1. The molecule has 5 nitrogen and oxygen atoms in total. The van der Waals surface area contributed by atoms with E-state index < -0.39 is 5.91 Å². The van der Waals surface area contributed by atoms with Gasteiger partial charge in [0, 0.05) is 5.56 Å². The molecule has 5 heteroatoms. The van der Waals surface area contributed by atoms with E-state index in [-0.39, 0.29) is 11.7 Å². The van der Waals surface area contributed by atoms with Crippen LogP contribution >= 0.6 is 0 Å². The first-order valence-corrected chi connectivity index (χ1v) is 7.87. The predicted octanol–water partition coefficient (Wildman–Crippen LogP) is 4.03. The average molecular weight is 336 g/mol. The molecule has 0 unspecified atom stereocenters. The van der Waals surface area contributed by atoms with Gasteiger partial charge in [0.25, 0.3) is 5.91 Å². The Morgan fingerprint density at radius 1 is 1.12 bits per heavy atom. The molecular formula is C20H20N2O3. The van der Waals surface area contributed by atoms with E-state index in [1.54, 1.807) is 36.4 Å². The molecule has 0 saturated heterocycles. The van der Waals surface area contributed by atoms with Gasteiger partial charge in [0.15, 0.2) is 0 Å². The zero-order valence-electron chi connectivity index (χ0n) is 14.4. The lowest BCUT2D eigenvalue weighted by molar-refractivity contribution is -0.112. The minimum absolute atomic E-state index is 0.0116. The molecule has 1 N–H and O–H groups in total. The summed E-state index contributed by atoms with van der Waals surface area (Å²) in [5.41, 5.74) is 1.15. The fourth-order valence-electron chi connectivity index (χ4n) is 2.20. The van der Waals surface area contributed by atoms with Crippen molar-refractivity contribution in [1.29, 1.82) is 5.26 Å². The summed E-state index contributed by atoms with van der Waals surface area (Å²) in [4.78, 5) is 12.5. The van der Waals surface area contributed by atoms with E-state index in [1.165, 1.54) is 13.2 Å². The van der Waals surface area contributed by atoms with Gasteiger partial charge in [-0.1, -0.05) is 30.3 Å². The number of carbonyl (C=O) groups excluding carboxylic acids is 1. The highest BCUT2D eigenvalue weighted by molar-refractivity contribution is 6.10. The Kier molecular flexibility index (Phi) is 6.19. The van der Waals surface area contributed by atoms with Crippen molar-refractivity contribution in [2.75, 3.05) is 12.4 Å². The van der Waals surface area contributed by atoms with Crippen LogP contribution in [0.3, 0.4) is 0 Å². The summed E-state index contributed by atoms with van der Waals surface area (Å²) in [5, 5.41) is 12.1. The summed E-state index contributed by atoms with van der Waals surface area (Å²) in [5.74, 6) is 0.637. The van der Waals surface area contributed by atoms with Gasteiger partial charge in [-0.2, -0.15) is 5.26 Å². The highest BCUT2D eigenvalue weighted by Crippen LogP contribution is 2.25. The minimum atomic E-state index is -0.508. The van der Waals surface area contributed by atoms with Crippen LogP contribution in [0, 0.1) is 11.3 Å². The minimum Gasteiger partial charge on any atom is -0.495 e. The van der Waals surface area contributed by atoms with Crippen molar-refractivity contribution in [2.45, 2.75) is 20.0 Å². The van der Waals surface area contributed by atoms with Crippen LogP contribution in [0.4, 0.5) is 5.69 Å². The zero-order valence-corrected chi connectivity index (χ0v) is 14.4. The number of para-hydroxylation sites is 3. The lowest BCUT2D eigenvalue weighted by Crippen LogP contribution is -2.14.